The van der Waals surface area contributed by atoms with Crippen LogP contribution in [0.5, 0.6) is 0 Å². The van der Waals surface area contributed by atoms with Crippen LogP contribution in [0.25, 0.3) is 0 Å². The minimum atomic E-state index is 0.0996. The van der Waals surface area contributed by atoms with Gasteiger partial charge >= 0.3 is 0 Å². The maximum Gasteiger partial charge on any atom is 0.248 e. The molecule has 0 saturated carbocycles. The molecule has 0 aliphatic carbocycles. The second kappa shape index (κ2) is 7.93. The summed E-state index contributed by atoms with van der Waals surface area (Å²) in [4.78, 5) is 13.5. The lowest BCUT2D eigenvalue weighted by atomic mass is 10.1. The molecule has 102 valence electrons. The number of nitrogens with zero attached hydrogens (tertiary/aromatic N) is 1. The molecule has 18 heavy (non-hydrogen) atoms. The van der Waals surface area contributed by atoms with E-state index < -0.39 is 0 Å². The van der Waals surface area contributed by atoms with Crippen molar-refractivity contribution in [2.75, 3.05) is 33.4 Å². The third-order valence-corrected chi connectivity index (χ3v) is 3.16. The summed E-state index contributed by atoms with van der Waals surface area (Å²) in [5.41, 5.74) is 2.48. The average Bonchev–Trinajstić information content (AvgIpc) is 2.39. The Hall–Kier alpha value is -1.29. The van der Waals surface area contributed by atoms with Crippen LogP contribution in [0.3, 0.4) is 0 Å². The SMILES string of the molecule is CC/C(=C\C/C=C(/C)NC)CN1CCOCC1=O. The highest BCUT2D eigenvalue weighted by Gasteiger charge is 2.18. The third-order valence-electron chi connectivity index (χ3n) is 3.16. The van der Waals surface area contributed by atoms with Crippen LogP contribution in [0.1, 0.15) is 26.7 Å². The molecule has 4 nitrogen and oxygen atoms in total. The lowest BCUT2D eigenvalue weighted by Crippen LogP contribution is -2.42. The second-order valence-electron chi connectivity index (χ2n) is 4.46. The van der Waals surface area contributed by atoms with Gasteiger partial charge in [0.2, 0.25) is 5.91 Å². The fourth-order valence-electron chi connectivity index (χ4n) is 1.79. The van der Waals surface area contributed by atoms with Crippen molar-refractivity contribution < 1.29 is 9.53 Å². The highest BCUT2D eigenvalue weighted by atomic mass is 16.5. The normalized spacial score (nSPS) is 18.2. The van der Waals surface area contributed by atoms with E-state index in [4.69, 9.17) is 4.74 Å². The van der Waals surface area contributed by atoms with E-state index in [-0.39, 0.29) is 12.5 Å². The Morgan fingerprint density at radius 2 is 2.28 bits per heavy atom. The summed E-state index contributed by atoms with van der Waals surface area (Å²) < 4.78 is 5.13. The first-order valence-electron chi connectivity index (χ1n) is 6.55. The van der Waals surface area contributed by atoms with Gasteiger partial charge in [0.1, 0.15) is 6.61 Å². The first kappa shape index (κ1) is 14.8. The lowest BCUT2D eigenvalue weighted by molar-refractivity contribution is -0.142. The Morgan fingerprint density at radius 3 is 2.89 bits per heavy atom. The Kier molecular flexibility index (Phi) is 6.50. The smallest absolute Gasteiger partial charge is 0.248 e. The molecule has 0 aromatic carbocycles. The predicted molar refractivity (Wildman–Crippen MR) is 73.2 cm³/mol. The number of rotatable bonds is 6. The molecule has 1 heterocycles. The molecular formula is C14H24N2O2. The zero-order chi connectivity index (χ0) is 13.4. The van der Waals surface area contributed by atoms with Gasteiger partial charge in [-0.15, -0.1) is 0 Å². The summed E-state index contributed by atoms with van der Waals surface area (Å²) in [6, 6.07) is 0. The number of nitrogens with one attached hydrogen (secondary N) is 1. The summed E-state index contributed by atoms with van der Waals surface area (Å²) in [5, 5.41) is 3.10. The summed E-state index contributed by atoms with van der Waals surface area (Å²) in [5.74, 6) is 0.0996. The quantitative estimate of drug-likeness (QED) is 0.732. The molecule has 4 heteroatoms. The van der Waals surface area contributed by atoms with Crippen LogP contribution in [0.2, 0.25) is 0 Å². The Labute approximate surface area is 110 Å². The standard InChI is InChI=1S/C14H24N2O2/c1-4-13(7-5-6-12(2)15-3)10-16-8-9-18-11-14(16)17/h6-7,15H,4-5,8-11H2,1-3H3/b12-6-,13-7+. The molecule has 1 N–H and O–H groups in total. The molecule has 0 aromatic rings. The molecule has 0 radical (unpaired) electrons. The molecule has 1 fully saturated rings. The number of carbonyl (C=O) groups is 1. The van der Waals surface area contributed by atoms with E-state index in [9.17, 15) is 4.79 Å². The van der Waals surface area contributed by atoms with Crippen LogP contribution < -0.4 is 5.32 Å². The molecule has 0 bridgehead atoms. The minimum Gasteiger partial charge on any atom is -0.392 e. The van der Waals surface area contributed by atoms with Crippen molar-refractivity contribution in [3.63, 3.8) is 0 Å². The van der Waals surface area contributed by atoms with Crippen molar-refractivity contribution in [3.8, 4) is 0 Å². The summed E-state index contributed by atoms with van der Waals surface area (Å²) >= 11 is 0. The van der Waals surface area contributed by atoms with Gasteiger partial charge in [-0.25, -0.2) is 0 Å². The van der Waals surface area contributed by atoms with Gasteiger partial charge in [-0.3, -0.25) is 4.79 Å². The van der Waals surface area contributed by atoms with Crippen LogP contribution in [-0.4, -0.2) is 44.2 Å². The maximum atomic E-state index is 11.6. The van der Waals surface area contributed by atoms with Gasteiger partial charge in [0.05, 0.1) is 6.61 Å². The van der Waals surface area contributed by atoms with E-state index in [0.29, 0.717) is 13.2 Å². The second-order valence-corrected chi connectivity index (χ2v) is 4.46. The average molecular weight is 252 g/mol. The lowest BCUT2D eigenvalue weighted by Gasteiger charge is -2.27. The highest BCUT2D eigenvalue weighted by Crippen LogP contribution is 2.09. The van der Waals surface area contributed by atoms with Crippen molar-refractivity contribution in [3.05, 3.63) is 23.4 Å². The summed E-state index contributed by atoms with van der Waals surface area (Å²) in [6.07, 6.45) is 6.26. The monoisotopic (exact) mass is 252 g/mol. The van der Waals surface area contributed by atoms with Gasteiger partial charge in [-0.1, -0.05) is 24.6 Å². The Morgan fingerprint density at radius 1 is 1.50 bits per heavy atom. The van der Waals surface area contributed by atoms with Gasteiger partial charge < -0.3 is 15.0 Å². The van der Waals surface area contributed by atoms with Crippen molar-refractivity contribution >= 4 is 5.91 Å². The van der Waals surface area contributed by atoms with Crippen molar-refractivity contribution in [1.82, 2.24) is 10.2 Å². The van der Waals surface area contributed by atoms with Crippen LogP contribution in [0, 0.1) is 0 Å². The van der Waals surface area contributed by atoms with Crippen LogP contribution >= 0.6 is 0 Å². The first-order valence-corrected chi connectivity index (χ1v) is 6.55. The molecule has 0 atom stereocenters. The molecule has 0 aromatic heterocycles. The van der Waals surface area contributed by atoms with Gasteiger partial charge in [0, 0.05) is 25.8 Å². The minimum absolute atomic E-state index is 0.0996. The zero-order valence-corrected chi connectivity index (χ0v) is 11.7. The predicted octanol–water partition coefficient (Wildman–Crippen LogP) is 1.69. The topological polar surface area (TPSA) is 41.6 Å². The van der Waals surface area contributed by atoms with Gasteiger partial charge in [0.15, 0.2) is 0 Å². The van der Waals surface area contributed by atoms with Crippen molar-refractivity contribution in [1.29, 1.82) is 0 Å². The summed E-state index contributed by atoms with van der Waals surface area (Å²) in [7, 11) is 1.92. The molecule has 1 amide bonds. The van der Waals surface area contributed by atoms with Crippen LogP contribution in [-0.2, 0) is 9.53 Å². The van der Waals surface area contributed by atoms with Gasteiger partial charge in [0.25, 0.3) is 0 Å². The number of amides is 1. The Balaban J connectivity index is 2.50. The third kappa shape index (κ3) is 4.92. The number of allylic oxidation sites excluding steroid dienone is 3. The first-order chi connectivity index (χ1) is 8.67. The van der Waals surface area contributed by atoms with E-state index >= 15 is 0 Å². The number of hydrogen-bond acceptors (Lipinski definition) is 3. The molecule has 1 saturated heterocycles. The largest absolute Gasteiger partial charge is 0.392 e. The molecule has 0 unspecified atom stereocenters. The molecular weight excluding hydrogens is 228 g/mol. The van der Waals surface area contributed by atoms with E-state index in [1.54, 1.807) is 0 Å². The van der Waals surface area contributed by atoms with E-state index in [2.05, 4.69) is 24.4 Å². The van der Waals surface area contributed by atoms with Crippen LogP contribution in [0.4, 0.5) is 0 Å². The van der Waals surface area contributed by atoms with E-state index in [1.165, 1.54) is 11.3 Å². The summed E-state index contributed by atoms with van der Waals surface area (Å²) in [6.45, 7) is 6.51. The van der Waals surface area contributed by atoms with Gasteiger partial charge in [-0.05, 0) is 19.8 Å². The maximum absolute atomic E-state index is 11.6. The molecule has 1 aliphatic heterocycles. The molecule has 1 aliphatic rings. The van der Waals surface area contributed by atoms with Crippen molar-refractivity contribution in [2.45, 2.75) is 26.7 Å². The number of hydrogen-bond donors (Lipinski definition) is 1. The molecule has 1 rings (SSSR count). The van der Waals surface area contributed by atoms with E-state index in [0.717, 1.165) is 19.4 Å². The Bertz CT molecular complexity index is 335. The van der Waals surface area contributed by atoms with Gasteiger partial charge in [-0.2, -0.15) is 0 Å². The zero-order valence-electron chi connectivity index (χ0n) is 11.7. The fraction of sp³-hybridized carbons (Fsp3) is 0.643. The highest BCUT2D eigenvalue weighted by molar-refractivity contribution is 5.78. The van der Waals surface area contributed by atoms with Crippen molar-refractivity contribution in [2.24, 2.45) is 0 Å². The number of morpholine rings is 1. The fourth-order valence-corrected chi connectivity index (χ4v) is 1.79. The molecule has 0 spiro atoms. The van der Waals surface area contributed by atoms with E-state index in [1.807, 2.05) is 18.9 Å². The number of ether oxygens (including phenoxy) is 1. The van der Waals surface area contributed by atoms with Crippen LogP contribution in [0.15, 0.2) is 23.4 Å². The number of carbonyl (C=O) groups excluding carboxylic acids is 1.